The summed E-state index contributed by atoms with van der Waals surface area (Å²) >= 11 is 0. The highest BCUT2D eigenvalue weighted by molar-refractivity contribution is 5.46. The van der Waals surface area contributed by atoms with E-state index in [1.165, 1.54) is 11.1 Å². The highest BCUT2D eigenvalue weighted by Gasteiger charge is 2.35. The summed E-state index contributed by atoms with van der Waals surface area (Å²) in [6, 6.07) is 28.8. The molecule has 2 fully saturated rings. The van der Waals surface area contributed by atoms with Gasteiger partial charge >= 0.3 is 0 Å². The molecule has 0 radical (unpaired) electrons. The molecule has 3 aromatic rings. The molecule has 5 rings (SSSR count). The average molecular weight is 430 g/mol. The van der Waals surface area contributed by atoms with Crippen LogP contribution in [0.1, 0.15) is 17.0 Å². The van der Waals surface area contributed by atoms with Gasteiger partial charge in [-0.2, -0.15) is 0 Å². The predicted octanol–water partition coefficient (Wildman–Crippen LogP) is 4.86. The molecule has 2 aliphatic heterocycles. The van der Waals surface area contributed by atoms with Gasteiger partial charge in [0.1, 0.15) is 5.82 Å². The van der Waals surface area contributed by atoms with Gasteiger partial charge in [0.15, 0.2) is 0 Å². The first-order valence-electron chi connectivity index (χ1n) is 11.8. The van der Waals surface area contributed by atoms with Gasteiger partial charge in [-0.25, -0.2) is 4.39 Å². The van der Waals surface area contributed by atoms with Crippen molar-refractivity contribution in [2.45, 2.75) is 12.5 Å². The Morgan fingerprint density at radius 1 is 0.688 bits per heavy atom. The van der Waals surface area contributed by atoms with Crippen LogP contribution in [0.2, 0.25) is 0 Å². The molecular weight excluding hydrogens is 397 g/mol. The zero-order chi connectivity index (χ0) is 21.8. The van der Waals surface area contributed by atoms with Crippen LogP contribution in [0.4, 0.5) is 10.1 Å². The summed E-state index contributed by atoms with van der Waals surface area (Å²) in [5.41, 5.74) is 3.99. The third-order valence-corrected chi connectivity index (χ3v) is 7.05. The molecule has 0 spiro atoms. The molecule has 2 atom stereocenters. The van der Waals surface area contributed by atoms with Crippen molar-refractivity contribution in [1.82, 2.24) is 9.80 Å². The van der Waals surface area contributed by atoms with E-state index < -0.39 is 0 Å². The molecule has 2 unspecified atom stereocenters. The Hall–Kier alpha value is -2.69. The lowest BCUT2D eigenvalue weighted by molar-refractivity contribution is 0.209. The number of anilines is 1. The number of nitrogens with zero attached hydrogens (tertiary/aromatic N) is 3. The maximum Gasteiger partial charge on any atom is 0.123 e. The number of likely N-dealkylation sites (tertiary alicyclic amines) is 1. The van der Waals surface area contributed by atoms with Crippen LogP contribution in [0, 0.1) is 11.7 Å². The van der Waals surface area contributed by atoms with Gasteiger partial charge in [0.25, 0.3) is 0 Å². The smallest absolute Gasteiger partial charge is 0.123 e. The number of benzene rings is 3. The van der Waals surface area contributed by atoms with Crippen molar-refractivity contribution in [3.05, 3.63) is 102 Å². The van der Waals surface area contributed by atoms with Crippen LogP contribution in [0.25, 0.3) is 0 Å². The third-order valence-electron chi connectivity index (χ3n) is 7.05. The van der Waals surface area contributed by atoms with E-state index in [2.05, 4.69) is 75.4 Å². The fourth-order valence-electron chi connectivity index (χ4n) is 5.37. The van der Waals surface area contributed by atoms with Gasteiger partial charge in [0.2, 0.25) is 0 Å². The van der Waals surface area contributed by atoms with E-state index in [1.54, 1.807) is 12.1 Å². The molecule has 0 bridgehead atoms. The van der Waals surface area contributed by atoms with Crippen LogP contribution >= 0.6 is 0 Å². The summed E-state index contributed by atoms with van der Waals surface area (Å²) in [6.07, 6.45) is 0. The van der Waals surface area contributed by atoms with Crippen LogP contribution < -0.4 is 4.90 Å². The van der Waals surface area contributed by atoms with E-state index >= 15 is 0 Å². The average Bonchev–Trinajstić information content (AvgIpc) is 3.23. The van der Waals surface area contributed by atoms with Crippen molar-refractivity contribution in [1.29, 1.82) is 0 Å². The van der Waals surface area contributed by atoms with Crippen molar-refractivity contribution in [3.63, 3.8) is 0 Å². The van der Waals surface area contributed by atoms with Crippen LogP contribution in [-0.4, -0.2) is 55.6 Å². The Labute approximate surface area is 191 Å². The Morgan fingerprint density at radius 2 is 1.34 bits per heavy atom. The monoisotopic (exact) mass is 429 g/mol. The van der Waals surface area contributed by atoms with E-state index in [9.17, 15) is 4.39 Å². The van der Waals surface area contributed by atoms with E-state index in [0.717, 1.165) is 58.0 Å². The molecule has 2 saturated heterocycles. The third kappa shape index (κ3) is 5.03. The second-order valence-electron chi connectivity index (χ2n) is 9.22. The predicted molar refractivity (Wildman–Crippen MR) is 129 cm³/mol. The van der Waals surface area contributed by atoms with Crippen LogP contribution in [0.5, 0.6) is 0 Å². The highest BCUT2D eigenvalue weighted by atomic mass is 19.1. The first-order chi connectivity index (χ1) is 15.7. The minimum atomic E-state index is -0.166. The first-order valence-corrected chi connectivity index (χ1v) is 11.8. The SMILES string of the molecule is Fc1ccc(N2CCN(CC3CN(Cc4ccccc4)CC3c3ccccc3)CC2)cc1. The fourth-order valence-corrected chi connectivity index (χ4v) is 5.37. The van der Waals surface area contributed by atoms with Crippen molar-refractivity contribution in [2.75, 3.05) is 50.7 Å². The van der Waals surface area contributed by atoms with E-state index in [0.29, 0.717) is 11.8 Å². The van der Waals surface area contributed by atoms with E-state index in [-0.39, 0.29) is 5.82 Å². The molecule has 4 heteroatoms. The minimum Gasteiger partial charge on any atom is -0.369 e. The van der Waals surface area contributed by atoms with Crippen molar-refractivity contribution in [2.24, 2.45) is 5.92 Å². The zero-order valence-corrected chi connectivity index (χ0v) is 18.6. The highest BCUT2D eigenvalue weighted by Crippen LogP contribution is 2.34. The van der Waals surface area contributed by atoms with Gasteiger partial charge in [-0.1, -0.05) is 60.7 Å². The number of hydrogen-bond donors (Lipinski definition) is 0. The molecule has 0 aliphatic carbocycles. The van der Waals surface area contributed by atoms with Crippen molar-refractivity contribution in [3.8, 4) is 0 Å². The summed E-state index contributed by atoms with van der Waals surface area (Å²) < 4.78 is 13.3. The lowest BCUT2D eigenvalue weighted by Crippen LogP contribution is -2.48. The first kappa shape index (κ1) is 21.2. The van der Waals surface area contributed by atoms with Crippen LogP contribution in [0.15, 0.2) is 84.9 Å². The lowest BCUT2D eigenvalue weighted by Gasteiger charge is -2.38. The molecular formula is C28H32FN3. The van der Waals surface area contributed by atoms with Crippen molar-refractivity contribution >= 4 is 5.69 Å². The summed E-state index contributed by atoms with van der Waals surface area (Å²) in [6.45, 7) is 8.57. The van der Waals surface area contributed by atoms with E-state index in [1.807, 2.05) is 12.1 Å². The number of rotatable bonds is 6. The topological polar surface area (TPSA) is 9.72 Å². The van der Waals surface area contributed by atoms with E-state index in [4.69, 9.17) is 0 Å². The van der Waals surface area contributed by atoms with Gasteiger partial charge in [0, 0.05) is 64.0 Å². The Balaban J connectivity index is 1.23. The molecule has 2 heterocycles. The van der Waals surface area contributed by atoms with Crippen LogP contribution in [0.3, 0.4) is 0 Å². The van der Waals surface area contributed by atoms with Crippen molar-refractivity contribution < 1.29 is 4.39 Å². The molecule has 0 saturated carbocycles. The molecule has 3 nitrogen and oxygen atoms in total. The van der Waals surface area contributed by atoms with Gasteiger partial charge in [-0.3, -0.25) is 9.80 Å². The number of halogens is 1. The molecule has 0 N–H and O–H groups in total. The molecule has 166 valence electrons. The molecule has 32 heavy (non-hydrogen) atoms. The summed E-state index contributed by atoms with van der Waals surface area (Å²) in [5.74, 6) is 1.05. The Morgan fingerprint density at radius 3 is 2.03 bits per heavy atom. The number of hydrogen-bond acceptors (Lipinski definition) is 3. The largest absolute Gasteiger partial charge is 0.369 e. The van der Waals surface area contributed by atoms with Gasteiger partial charge in [-0.15, -0.1) is 0 Å². The number of piperazine rings is 1. The molecule has 0 amide bonds. The summed E-state index contributed by atoms with van der Waals surface area (Å²) in [5, 5.41) is 0. The summed E-state index contributed by atoms with van der Waals surface area (Å²) in [4.78, 5) is 7.64. The standard InChI is InChI=1S/C28H32FN3/c29-26-11-13-27(14-12-26)32-17-15-30(16-18-32)20-25-21-31(19-23-7-3-1-4-8-23)22-28(25)24-9-5-2-6-10-24/h1-14,25,28H,15-22H2. The molecule has 0 aromatic heterocycles. The Bertz CT molecular complexity index is 969. The molecule has 2 aliphatic rings. The second kappa shape index (κ2) is 9.85. The quantitative estimate of drug-likeness (QED) is 0.554. The lowest BCUT2D eigenvalue weighted by atomic mass is 9.88. The zero-order valence-electron chi connectivity index (χ0n) is 18.6. The van der Waals surface area contributed by atoms with Crippen LogP contribution in [-0.2, 0) is 6.54 Å². The second-order valence-corrected chi connectivity index (χ2v) is 9.22. The molecule has 3 aromatic carbocycles. The normalized spacial score (nSPS) is 22.3. The van der Waals surface area contributed by atoms with Gasteiger partial charge in [-0.05, 0) is 41.3 Å². The maximum atomic E-state index is 13.3. The minimum absolute atomic E-state index is 0.166. The van der Waals surface area contributed by atoms with Gasteiger partial charge in [0.05, 0.1) is 0 Å². The summed E-state index contributed by atoms with van der Waals surface area (Å²) in [7, 11) is 0. The van der Waals surface area contributed by atoms with Gasteiger partial charge < -0.3 is 4.90 Å². The fraction of sp³-hybridized carbons (Fsp3) is 0.357. The Kier molecular flexibility index (Phi) is 6.51. The maximum absolute atomic E-state index is 13.3.